The Hall–Kier alpha value is -0.810. The second kappa shape index (κ2) is 7.39. The molecule has 5 heteroatoms. The Balaban J connectivity index is 1.56. The lowest BCUT2D eigenvalue weighted by atomic mass is 9.98. The van der Waals surface area contributed by atoms with Gasteiger partial charge in [0, 0.05) is 18.9 Å². The van der Waals surface area contributed by atoms with Crippen LogP contribution in [0.25, 0.3) is 0 Å². The minimum Gasteiger partial charge on any atom is -0.444 e. The van der Waals surface area contributed by atoms with Gasteiger partial charge in [-0.15, -0.1) is 0 Å². The number of rotatable bonds is 8. The third-order valence-corrected chi connectivity index (χ3v) is 5.58. The molecule has 132 valence electrons. The summed E-state index contributed by atoms with van der Waals surface area (Å²) in [7, 11) is 0. The monoisotopic (exact) mass is 325 g/mol. The van der Waals surface area contributed by atoms with E-state index in [4.69, 9.17) is 14.2 Å². The molecule has 0 aromatic carbocycles. The number of hydrogen-bond donors (Lipinski definition) is 0. The number of unbranched alkanes of at least 4 members (excludes halogenated alkanes) is 1. The van der Waals surface area contributed by atoms with Crippen molar-refractivity contribution in [1.29, 1.82) is 0 Å². The Morgan fingerprint density at radius 3 is 2.57 bits per heavy atom. The molecule has 3 atom stereocenters. The van der Waals surface area contributed by atoms with Crippen LogP contribution in [-0.2, 0) is 14.2 Å². The largest absolute Gasteiger partial charge is 0.444 e. The van der Waals surface area contributed by atoms with Crippen molar-refractivity contribution >= 4 is 6.09 Å². The molecular weight excluding hydrogens is 294 g/mol. The Morgan fingerprint density at radius 2 is 1.87 bits per heavy atom. The standard InChI is InChI=1S/C18H31NO4/c1-3-5-6-14-7-8-15-16(23-17(20)19(14)15)9-11-18(10-4-2)21-12-13-22-18/h14-16H,3-13H2,1-2H3/t14-,15-,16-/m0/s1. The molecule has 3 aliphatic rings. The molecule has 0 aromatic heterocycles. The van der Waals surface area contributed by atoms with Crippen molar-refractivity contribution in [2.24, 2.45) is 0 Å². The lowest BCUT2D eigenvalue weighted by Gasteiger charge is -2.28. The molecule has 3 saturated heterocycles. The van der Waals surface area contributed by atoms with Crippen molar-refractivity contribution in [3.05, 3.63) is 0 Å². The fourth-order valence-electron chi connectivity index (χ4n) is 4.46. The fraction of sp³-hybridized carbons (Fsp3) is 0.944. The molecule has 0 saturated carbocycles. The minimum absolute atomic E-state index is 0.00987. The van der Waals surface area contributed by atoms with Crippen molar-refractivity contribution in [3.8, 4) is 0 Å². The quantitative estimate of drug-likeness (QED) is 0.680. The van der Waals surface area contributed by atoms with E-state index in [9.17, 15) is 4.79 Å². The molecule has 0 aliphatic carbocycles. The van der Waals surface area contributed by atoms with Gasteiger partial charge < -0.3 is 14.2 Å². The summed E-state index contributed by atoms with van der Waals surface area (Å²) in [6.07, 6.45) is 9.22. The van der Waals surface area contributed by atoms with Gasteiger partial charge in [0.15, 0.2) is 5.79 Å². The van der Waals surface area contributed by atoms with E-state index in [-0.39, 0.29) is 18.2 Å². The maximum absolute atomic E-state index is 12.3. The smallest absolute Gasteiger partial charge is 0.410 e. The van der Waals surface area contributed by atoms with Crippen LogP contribution in [0, 0.1) is 0 Å². The number of fused-ring (bicyclic) bond motifs is 1. The first-order valence-electron chi connectivity index (χ1n) is 9.46. The predicted octanol–water partition coefficient (Wildman–Crippen LogP) is 3.85. The van der Waals surface area contributed by atoms with Crippen LogP contribution >= 0.6 is 0 Å². The highest BCUT2D eigenvalue weighted by molar-refractivity contribution is 5.71. The van der Waals surface area contributed by atoms with Crippen LogP contribution in [0.4, 0.5) is 4.79 Å². The first kappa shape index (κ1) is 17.0. The number of cyclic esters (lactones) is 1. The van der Waals surface area contributed by atoms with Gasteiger partial charge in [0.25, 0.3) is 0 Å². The van der Waals surface area contributed by atoms with Crippen LogP contribution in [0.15, 0.2) is 0 Å². The molecule has 0 spiro atoms. The van der Waals surface area contributed by atoms with Gasteiger partial charge >= 0.3 is 6.09 Å². The van der Waals surface area contributed by atoms with Gasteiger partial charge in [-0.2, -0.15) is 0 Å². The second-order valence-electron chi connectivity index (χ2n) is 7.17. The number of carbonyl (C=O) groups excluding carboxylic acids is 1. The summed E-state index contributed by atoms with van der Waals surface area (Å²) >= 11 is 0. The van der Waals surface area contributed by atoms with Gasteiger partial charge in [-0.05, 0) is 25.7 Å². The number of nitrogens with zero attached hydrogens (tertiary/aromatic N) is 1. The van der Waals surface area contributed by atoms with Gasteiger partial charge in [0.1, 0.15) is 6.10 Å². The number of carbonyl (C=O) groups is 1. The topological polar surface area (TPSA) is 48.0 Å². The Bertz CT molecular complexity index is 408. The zero-order chi connectivity index (χ0) is 16.3. The highest BCUT2D eigenvalue weighted by Gasteiger charge is 2.49. The van der Waals surface area contributed by atoms with E-state index in [1.165, 1.54) is 12.8 Å². The molecule has 0 bridgehead atoms. The Labute approximate surface area is 139 Å². The van der Waals surface area contributed by atoms with Crippen LogP contribution in [0.3, 0.4) is 0 Å². The zero-order valence-electron chi connectivity index (χ0n) is 14.6. The highest BCUT2D eigenvalue weighted by Crippen LogP contribution is 2.39. The molecule has 3 rings (SSSR count). The van der Waals surface area contributed by atoms with E-state index in [1.807, 2.05) is 4.90 Å². The van der Waals surface area contributed by atoms with Gasteiger partial charge in [-0.1, -0.05) is 33.1 Å². The summed E-state index contributed by atoms with van der Waals surface area (Å²) in [5, 5.41) is 0. The number of ether oxygens (including phenoxy) is 3. The van der Waals surface area contributed by atoms with Gasteiger partial charge in [-0.3, -0.25) is 4.90 Å². The molecule has 1 amide bonds. The molecule has 3 aliphatic heterocycles. The molecule has 0 unspecified atom stereocenters. The Morgan fingerprint density at radius 1 is 1.09 bits per heavy atom. The summed E-state index contributed by atoms with van der Waals surface area (Å²) in [6, 6.07) is 0.658. The minimum atomic E-state index is -0.436. The van der Waals surface area contributed by atoms with Crippen LogP contribution in [0.1, 0.15) is 71.6 Å². The van der Waals surface area contributed by atoms with Crippen molar-refractivity contribution in [1.82, 2.24) is 4.90 Å². The SMILES string of the molecule is CCCC[C@H]1CC[C@H]2[C@H](CCC3(CCC)OCCO3)OC(=O)N12. The van der Waals surface area contributed by atoms with E-state index in [0.29, 0.717) is 19.3 Å². The molecule has 5 nitrogen and oxygen atoms in total. The first-order valence-corrected chi connectivity index (χ1v) is 9.46. The van der Waals surface area contributed by atoms with E-state index in [2.05, 4.69) is 13.8 Å². The zero-order valence-corrected chi connectivity index (χ0v) is 14.6. The summed E-state index contributed by atoms with van der Waals surface area (Å²) in [5.41, 5.74) is 0. The number of hydrogen-bond acceptors (Lipinski definition) is 4. The fourth-order valence-corrected chi connectivity index (χ4v) is 4.46. The van der Waals surface area contributed by atoms with E-state index in [1.54, 1.807) is 0 Å². The van der Waals surface area contributed by atoms with Crippen LogP contribution in [-0.4, -0.2) is 48.2 Å². The maximum Gasteiger partial charge on any atom is 0.410 e. The second-order valence-corrected chi connectivity index (χ2v) is 7.17. The summed E-state index contributed by atoms with van der Waals surface area (Å²) in [4.78, 5) is 14.3. The summed E-state index contributed by atoms with van der Waals surface area (Å²) in [6.45, 7) is 5.71. The van der Waals surface area contributed by atoms with Crippen molar-refractivity contribution in [2.75, 3.05) is 13.2 Å². The normalized spacial score (nSPS) is 32.3. The van der Waals surface area contributed by atoms with E-state index in [0.717, 1.165) is 44.9 Å². The lowest BCUT2D eigenvalue weighted by Crippen LogP contribution is -2.37. The molecule has 3 fully saturated rings. The molecule has 0 radical (unpaired) electrons. The average molecular weight is 325 g/mol. The molecule has 3 heterocycles. The summed E-state index contributed by atoms with van der Waals surface area (Å²) < 4.78 is 17.5. The number of amides is 1. The van der Waals surface area contributed by atoms with Gasteiger partial charge in [-0.25, -0.2) is 4.79 Å². The molecule has 23 heavy (non-hydrogen) atoms. The highest BCUT2D eigenvalue weighted by atomic mass is 16.7. The predicted molar refractivity (Wildman–Crippen MR) is 87.2 cm³/mol. The molecular formula is C18H31NO4. The van der Waals surface area contributed by atoms with E-state index >= 15 is 0 Å². The van der Waals surface area contributed by atoms with Crippen LogP contribution in [0.5, 0.6) is 0 Å². The molecule has 0 aromatic rings. The van der Waals surface area contributed by atoms with Gasteiger partial charge in [0.05, 0.1) is 19.3 Å². The van der Waals surface area contributed by atoms with Crippen LogP contribution < -0.4 is 0 Å². The Kier molecular flexibility index (Phi) is 5.47. The average Bonchev–Trinajstić information content (AvgIpc) is 3.23. The first-order chi connectivity index (χ1) is 11.2. The third-order valence-electron chi connectivity index (χ3n) is 5.58. The van der Waals surface area contributed by atoms with E-state index < -0.39 is 5.79 Å². The van der Waals surface area contributed by atoms with Gasteiger partial charge in [0.2, 0.25) is 0 Å². The summed E-state index contributed by atoms with van der Waals surface area (Å²) in [5.74, 6) is -0.436. The van der Waals surface area contributed by atoms with Crippen molar-refractivity contribution < 1.29 is 19.0 Å². The molecule has 0 N–H and O–H groups in total. The van der Waals surface area contributed by atoms with Crippen molar-refractivity contribution in [2.45, 2.75) is 95.6 Å². The lowest BCUT2D eigenvalue weighted by molar-refractivity contribution is -0.170. The van der Waals surface area contributed by atoms with Crippen LogP contribution in [0.2, 0.25) is 0 Å². The van der Waals surface area contributed by atoms with Crippen molar-refractivity contribution in [3.63, 3.8) is 0 Å². The maximum atomic E-state index is 12.3. The third kappa shape index (κ3) is 3.50.